The summed E-state index contributed by atoms with van der Waals surface area (Å²) in [6, 6.07) is 10.7. The van der Waals surface area contributed by atoms with Gasteiger partial charge in [0.15, 0.2) is 0 Å². The molecule has 0 fully saturated rings. The molecule has 0 aliphatic carbocycles. The van der Waals surface area contributed by atoms with Crippen LogP contribution in [0.5, 0.6) is 0 Å². The summed E-state index contributed by atoms with van der Waals surface area (Å²) in [7, 11) is 0. The van der Waals surface area contributed by atoms with Gasteiger partial charge in [-0.2, -0.15) is 5.05 Å². The summed E-state index contributed by atoms with van der Waals surface area (Å²) in [5, 5.41) is 2.34. The molecule has 0 bridgehead atoms. The van der Waals surface area contributed by atoms with Crippen molar-refractivity contribution in [3.05, 3.63) is 35.9 Å². The Balaban J connectivity index is 0.000000810. The van der Waals surface area contributed by atoms with E-state index in [4.69, 9.17) is 0 Å². The van der Waals surface area contributed by atoms with Crippen LogP contribution in [0.3, 0.4) is 0 Å². The van der Waals surface area contributed by atoms with Crippen molar-refractivity contribution < 1.29 is 0 Å². The minimum absolute atomic E-state index is 0. The van der Waals surface area contributed by atoms with E-state index in [-0.39, 0.29) is 32.8 Å². The highest BCUT2D eigenvalue weighted by Gasteiger charge is 1.88. The van der Waals surface area contributed by atoms with Crippen LogP contribution in [0.4, 0.5) is 0 Å². The number of hydrogen-bond donors (Lipinski definition) is 0. The lowest BCUT2D eigenvalue weighted by atomic mass is 10.2. The minimum Gasteiger partial charge on any atom is -0.157 e. The van der Waals surface area contributed by atoms with Gasteiger partial charge >= 0.3 is 20.4 Å². The monoisotopic (exact) mass is 166 g/mol. The van der Waals surface area contributed by atoms with E-state index in [0.717, 1.165) is 0 Å². The second-order valence-electron chi connectivity index (χ2n) is 2.24. The predicted octanol–water partition coefficient (Wildman–Crippen LogP) is 2.36. The van der Waals surface area contributed by atoms with Crippen LogP contribution in [0.25, 0.3) is 0 Å². The molecule has 0 heterocycles. The molecule has 0 spiro atoms. The Bertz CT molecular complexity index is 162. The summed E-state index contributed by atoms with van der Waals surface area (Å²) in [6.45, 7) is 0. The molecule has 0 atom stereocenters. The van der Waals surface area contributed by atoms with Crippen LogP contribution in [0.2, 0.25) is 5.05 Å². The van der Waals surface area contributed by atoms with Crippen molar-refractivity contribution in [2.75, 3.05) is 0 Å². The van der Waals surface area contributed by atoms with E-state index in [2.05, 4.69) is 35.4 Å². The van der Waals surface area contributed by atoms with Crippen molar-refractivity contribution in [1.82, 2.24) is 0 Å². The molecule has 1 aromatic rings. The van der Waals surface area contributed by atoms with Crippen LogP contribution < -0.4 is 0 Å². The maximum atomic E-state index is 2.34. The second kappa shape index (κ2) is 6.02. The van der Waals surface area contributed by atoms with Gasteiger partial charge in [-0.05, 0) is 0 Å². The molecule has 1 rings (SSSR count). The van der Waals surface area contributed by atoms with Crippen LogP contribution >= 0.6 is 12.4 Å². The average Bonchev–Trinajstić information content (AvgIpc) is 1.91. The summed E-state index contributed by atoms with van der Waals surface area (Å²) in [4.78, 5) is 0. The standard InChI is InChI=1S/C7H7.CH3.ClH.Mg/c1-7-5-3-2-4-6-7;;;/h2-6H,1H2;1H3;1H;. The molecule has 1 aromatic carbocycles. The smallest absolute Gasteiger partial charge is 0.157 e. The van der Waals surface area contributed by atoms with E-state index < -0.39 is 0 Å². The van der Waals surface area contributed by atoms with Gasteiger partial charge < -0.3 is 0 Å². The first-order chi connectivity index (χ1) is 4.43. The third-order valence-electron chi connectivity index (χ3n) is 1.38. The molecule has 0 radical (unpaired) electrons. The quantitative estimate of drug-likeness (QED) is 0.593. The van der Waals surface area contributed by atoms with Crippen LogP contribution in [0, 0.1) is 0 Å². The van der Waals surface area contributed by atoms with Gasteiger partial charge in [0.1, 0.15) is 0 Å². The maximum absolute atomic E-state index is 2.34. The van der Waals surface area contributed by atoms with Crippen LogP contribution in [-0.4, -0.2) is 20.4 Å². The van der Waals surface area contributed by atoms with Gasteiger partial charge in [0, 0.05) is 0 Å². The first-order valence-electron chi connectivity index (χ1n) is 3.47. The summed E-state index contributed by atoms with van der Waals surface area (Å²) in [6.07, 6.45) is 0. The Kier molecular flexibility index (Phi) is 6.18. The summed E-state index contributed by atoms with van der Waals surface area (Å²) < 4.78 is 1.35. The van der Waals surface area contributed by atoms with Crippen LogP contribution in [0.15, 0.2) is 30.3 Å². The largest absolute Gasteiger partial charge is 0.366 e. The van der Waals surface area contributed by atoms with Gasteiger partial charge in [-0.3, -0.25) is 0 Å². The van der Waals surface area contributed by atoms with E-state index in [1.807, 2.05) is 0 Å². The van der Waals surface area contributed by atoms with Crippen molar-refractivity contribution in [3.63, 3.8) is 0 Å². The summed E-state index contributed by atoms with van der Waals surface area (Å²) in [5.41, 5.74) is 1.51. The molecule has 0 saturated heterocycles. The fourth-order valence-corrected chi connectivity index (χ4v) is 1.84. The average molecular weight is 167 g/mol. The van der Waals surface area contributed by atoms with Gasteiger partial charge in [-0.15, -0.1) is 17.0 Å². The minimum atomic E-state index is 0. The number of hydrogen-bond acceptors (Lipinski definition) is 0. The Morgan fingerprint density at radius 3 is 2.30 bits per heavy atom. The molecule has 0 aliphatic rings. The number of benzene rings is 1. The van der Waals surface area contributed by atoms with Gasteiger partial charge in [-0.25, -0.2) is 0 Å². The highest BCUT2D eigenvalue weighted by atomic mass is 35.5. The third-order valence-corrected chi connectivity index (χ3v) is 2.46. The zero-order valence-corrected chi connectivity index (χ0v) is 8.44. The molecule has 0 unspecified atom stereocenters. The highest BCUT2D eigenvalue weighted by Crippen LogP contribution is 1.97. The third kappa shape index (κ3) is 3.45. The Morgan fingerprint density at radius 1 is 1.20 bits per heavy atom. The van der Waals surface area contributed by atoms with E-state index in [1.165, 1.54) is 10.1 Å². The van der Waals surface area contributed by atoms with Crippen molar-refractivity contribution in [2.45, 2.75) is 9.60 Å². The molecule has 2 heteroatoms. The SMILES string of the molecule is Cl.[CH3][Mg][CH2]c1ccccc1. The van der Waals surface area contributed by atoms with Gasteiger partial charge in [0.05, 0.1) is 0 Å². The first-order valence-corrected chi connectivity index (χ1v) is 5.89. The van der Waals surface area contributed by atoms with Gasteiger partial charge in [0.2, 0.25) is 0 Å². The second-order valence-corrected chi connectivity index (χ2v) is 3.74. The number of rotatable bonds is 2. The van der Waals surface area contributed by atoms with Crippen LogP contribution in [-0.2, 0) is 4.55 Å². The van der Waals surface area contributed by atoms with E-state index in [1.54, 1.807) is 0 Å². The van der Waals surface area contributed by atoms with Crippen molar-refractivity contribution in [3.8, 4) is 0 Å². The number of halogens is 1. The van der Waals surface area contributed by atoms with E-state index in [9.17, 15) is 0 Å². The molecule has 52 valence electrons. The zero-order valence-electron chi connectivity index (χ0n) is 6.21. The lowest BCUT2D eigenvalue weighted by Gasteiger charge is -1.93. The highest BCUT2D eigenvalue weighted by molar-refractivity contribution is 6.32. The molecule has 0 aliphatic heterocycles. The predicted molar refractivity (Wildman–Crippen MR) is 49.0 cm³/mol. The maximum Gasteiger partial charge on any atom is 0.366 e. The van der Waals surface area contributed by atoms with Crippen molar-refractivity contribution in [2.24, 2.45) is 0 Å². The van der Waals surface area contributed by atoms with Crippen LogP contribution in [0.1, 0.15) is 5.56 Å². The fourth-order valence-electron chi connectivity index (χ4n) is 0.933. The lowest BCUT2D eigenvalue weighted by molar-refractivity contribution is 1.38. The zero-order chi connectivity index (χ0) is 6.53. The van der Waals surface area contributed by atoms with Gasteiger partial charge in [0.25, 0.3) is 0 Å². The summed E-state index contributed by atoms with van der Waals surface area (Å²) >= 11 is 0.216. The lowest BCUT2D eigenvalue weighted by Crippen LogP contribution is -1.88. The topological polar surface area (TPSA) is 0 Å². The van der Waals surface area contributed by atoms with Crippen molar-refractivity contribution in [1.29, 1.82) is 0 Å². The van der Waals surface area contributed by atoms with E-state index in [0.29, 0.717) is 0 Å². The molecule has 0 N–H and O–H groups in total. The summed E-state index contributed by atoms with van der Waals surface area (Å²) in [5.74, 6) is 0. The normalized spacial score (nSPS) is 7.70. The first kappa shape index (κ1) is 10.3. The molecule has 0 aromatic heterocycles. The molecule has 0 nitrogen and oxygen atoms in total. The Hall–Kier alpha value is 0.276. The molecule has 10 heavy (non-hydrogen) atoms. The van der Waals surface area contributed by atoms with E-state index >= 15 is 0 Å². The Labute approximate surface area is 78.2 Å². The molecular formula is C8H11ClMg. The Morgan fingerprint density at radius 2 is 1.80 bits per heavy atom. The molecule has 0 amide bonds. The molecular weight excluding hydrogens is 156 g/mol. The fraction of sp³-hybridized carbons (Fsp3) is 0.250. The van der Waals surface area contributed by atoms with Crippen molar-refractivity contribution >= 4 is 32.8 Å². The molecule has 0 saturated carbocycles. The van der Waals surface area contributed by atoms with Gasteiger partial charge in [-0.1, -0.05) is 35.9 Å².